The van der Waals surface area contributed by atoms with E-state index in [0.29, 0.717) is 18.1 Å². The molecule has 1 aliphatic heterocycles. The molecule has 0 N–H and O–H groups in total. The lowest BCUT2D eigenvalue weighted by Crippen LogP contribution is -2.34. The molecule has 0 aliphatic carbocycles. The molecule has 0 fully saturated rings. The van der Waals surface area contributed by atoms with E-state index >= 15 is 0 Å². The van der Waals surface area contributed by atoms with Crippen LogP contribution in [0.15, 0.2) is 18.2 Å². The minimum absolute atomic E-state index is 0.0197. The second-order valence-electron chi connectivity index (χ2n) is 4.28. The quantitative estimate of drug-likeness (QED) is 0.767. The summed E-state index contributed by atoms with van der Waals surface area (Å²) in [5.41, 5.74) is 1.73. The number of benzene rings is 1. The average Bonchev–Trinajstić information content (AvgIpc) is 2.29. The molecular weight excluding hydrogens is 204 g/mol. The molecule has 0 radical (unpaired) electrons. The summed E-state index contributed by atoms with van der Waals surface area (Å²) in [4.78, 5) is 12.0. The molecular formula is C13H16O3. The van der Waals surface area contributed by atoms with Crippen molar-refractivity contribution in [2.45, 2.75) is 25.9 Å². The molecule has 1 atom stereocenters. The first-order valence-corrected chi connectivity index (χ1v) is 5.48. The Morgan fingerprint density at radius 2 is 2.19 bits per heavy atom. The van der Waals surface area contributed by atoms with Gasteiger partial charge in [-0.2, -0.15) is 0 Å². The van der Waals surface area contributed by atoms with Crippen LogP contribution >= 0.6 is 0 Å². The number of hydrogen-bond donors (Lipinski definition) is 0. The summed E-state index contributed by atoms with van der Waals surface area (Å²) in [6.45, 7) is 4.49. The summed E-state index contributed by atoms with van der Waals surface area (Å²) in [5.74, 6) is 1.10. The molecule has 16 heavy (non-hydrogen) atoms. The summed E-state index contributed by atoms with van der Waals surface area (Å²) < 4.78 is 10.7. The predicted octanol–water partition coefficient (Wildman–Crippen LogP) is 2.40. The van der Waals surface area contributed by atoms with E-state index in [2.05, 4.69) is 13.8 Å². The second-order valence-corrected chi connectivity index (χ2v) is 4.28. The van der Waals surface area contributed by atoms with Crippen molar-refractivity contribution < 1.29 is 14.3 Å². The average molecular weight is 220 g/mol. The molecule has 0 amide bonds. The molecule has 1 heterocycles. The fourth-order valence-electron chi connectivity index (χ4n) is 1.95. The van der Waals surface area contributed by atoms with Crippen molar-refractivity contribution in [1.29, 1.82) is 0 Å². The number of para-hydroxylation sites is 1. The molecule has 0 saturated carbocycles. The molecule has 86 valence electrons. The molecule has 0 spiro atoms. The van der Waals surface area contributed by atoms with Crippen molar-refractivity contribution in [3.8, 4) is 5.75 Å². The van der Waals surface area contributed by atoms with Crippen LogP contribution in [0.4, 0.5) is 0 Å². The number of ketones is 1. The number of fused-ring (bicyclic) bond motifs is 1. The van der Waals surface area contributed by atoms with Gasteiger partial charge in [0.1, 0.15) is 12.4 Å². The third kappa shape index (κ3) is 1.71. The zero-order valence-electron chi connectivity index (χ0n) is 9.82. The zero-order valence-corrected chi connectivity index (χ0v) is 9.82. The van der Waals surface area contributed by atoms with Crippen LogP contribution in [-0.4, -0.2) is 25.6 Å². The highest BCUT2D eigenvalue weighted by Gasteiger charge is 2.30. The van der Waals surface area contributed by atoms with Crippen molar-refractivity contribution in [3.05, 3.63) is 29.3 Å². The molecule has 0 aromatic heterocycles. The van der Waals surface area contributed by atoms with E-state index in [1.165, 1.54) is 7.11 Å². The summed E-state index contributed by atoms with van der Waals surface area (Å²) in [7, 11) is 1.53. The Bertz CT molecular complexity index is 410. The number of ether oxygens (including phenoxy) is 2. The molecule has 1 aromatic rings. The van der Waals surface area contributed by atoms with Gasteiger partial charge in [0.05, 0.1) is 5.56 Å². The number of rotatable bonds is 2. The van der Waals surface area contributed by atoms with E-state index < -0.39 is 6.10 Å². The largest absolute Gasteiger partial charge is 0.489 e. The van der Waals surface area contributed by atoms with Crippen molar-refractivity contribution in [2.75, 3.05) is 13.7 Å². The van der Waals surface area contributed by atoms with Crippen LogP contribution in [-0.2, 0) is 4.74 Å². The third-order valence-corrected chi connectivity index (χ3v) is 2.89. The Kier molecular flexibility index (Phi) is 2.97. The monoisotopic (exact) mass is 220 g/mol. The van der Waals surface area contributed by atoms with Gasteiger partial charge in [-0.1, -0.05) is 26.0 Å². The van der Waals surface area contributed by atoms with Gasteiger partial charge in [0, 0.05) is 7.11 Å². The highest BCUT2D eigenvalue weighted by atomic mass is 16.5. The van der Waals surface area contributed by atoms with Gasteiger partial charge < -0.3 is 9.47 Å². The maximum atomic E-state index is 12.0. The van der Waals surface area contributed by atoms with Gasteiger partial charge in [-0.15, -0.1) is 0 Å². The number of hydrogen-bond acceptors (Lipinski definition) is 3. The lowest BCUT2D eigenvalue weighted by Gasteiger charge is -2.25. The highest BCUT2D eigenvalue weighted by molar-refractivity contribution is 6.03. The van der Waals surface area contributed by atoms with Gasteiger partial charge in [0.15, 0.2) is 11.9 Å². The maximum Gasteiger partial charge on any atom is 0.198 e. The number of carbonyl (C=O) groups excluding carboxylic acids is 1. The first-order chi connectivity index (χ1) is 7.65. The molecule has 3 heteroatoms. The second kappa shape index (κ2) is 4.26. The van der Waals surface area contributed by atoms with Gasteiger partial charge in [-0.05, 0) is 17.5 Å². The fraction of sp³-hybridized carbons (Fsp3) is 0.462. The molecule has 1 unspecified atom stereocenters. The summed E-state index contributed by atoms with van der Waals surface area (Å²) in [6.07, 6.45) is -0.463. The Hall–Kier alpha value is -1.35. The van der Waals surface area contributed by atoms with Crippen LogP contribution in [0.1, 0.15) is 35.7 Å². The molecule has 2 rings (SSSR count). The molecule has 0 saturated heterocycles. The van der Waals surface area contributed by atoms with Crippen molar-refractivity contribution >= 4 is 5.78 Å². The Balaban J connectivity index is 2.47. The first kappa shape index (κ1) is 11.1. The molecule has 3 nitrogen and oxygen atoms in total. The van der Waals surface area contributed by atoms with E-state index in [4.69, 9.17) is 9.47 Å². The van der Waals surface area contributed by atoms with E-state index in [9.17, 15) is 4.79 Å². The van der Waals surface area contributed by atoms with Crippen LogP contribution in [0.3, 0.4) is 0 Å². The molecule has 1 aromatic carbocycles. The Labute approximate surface area is 95.4 Å². The standard InChI is InChI=1S/C13H16O3/c1-8(2)9-5-4-6-10-12(14)11(15-3)7-16-13(9)10/h4-6,8,11H,7H2,1-3H3. The third-order valence-electron chi connectivity index (χ3n) is 2.89. The van der Waals surface area contributed by atoms with Crippen molar-refractivity contribution in [2.24, 2.45) is 0 Å². The Morgan fingerprint density at radius 3 is 2.81 bits per heavy atom. The van der Waals surface area contributed by atoms with Crippen LogP contribution in [0.5, 0.6) is 5.75 Å². The normalized spacial score (nSPS) is 19.5. The van der Waals surface area contributed by atoms with E-state index in [0.717, 1.165) is 11.3 Å². The highest BCUT2D eigenvalue weighted by Crippen LogP contribution is 2.33. The minimum atomic E-state index is -0.463. The van der Waals surface area contributed by atoms with Crippen LogP contribution in [0, 0.1) is 0 Å². The SMILES string of the molecule is COC1COc2c(cccc2C(C)C)C1=O. The van der Waals surface area contributed by atoms with Crippen LogP contribution < -0.4 is 4.74 Å². The molecule has 0 bridgehead atoms. The number of carbonyl (C=O) groups is 1. The lowest BCUT2D eigenvalue weighted by molar-refractivity contribution is 0.0365. The fourth-order valence-corrected chi connectivity index (χ4v) is 1.95. The van der Waals surface area contributed by atoms with Crippen LogP contribution in [0.2, 0.25) is 0 Å². The zero-order chi connectivity index (χ0) is 11.7. The first-order valence-electron chi connectivity index (χ1n) is 5.48. The van der Waals surface area contributed by atoms with Gasteiger partial charge in [0.2, 0.25) is 0 Å². The van der Waals surface area contributed by atoms with Gasteiger partial charge in [0.25, 0.3) is 0 Å². The summed E-state index contributed by atoms with van der Waals surface area (Å²) >= 11 is 0. The summed E-state index contributed by atoms with van der Waals surface area (Å²) in [6, 6.07) is 5.70. The topological polar surface area (TPSA) is 35.5 Å². The van der Waals surface area contributed by atoms with E-state index in [1.807, 2.05) is 12.1 Å². The van der Waals surface area contributed by atoms with Crippen LogP contribution in [0.25, 0.3) is 0 Å². The van der Waals surface area contributed by atoms with Gasteiger partial charge >= 0.3 is 0 Å². The lowest BCUT2D eigenvalue weighted by atomic mass is 9.94. The number of Topliss-reactive ketones (excluding diaryl/α,β-unsaturated/α-hetero) is 1. The molecule has 1 aliphatic rings. The van der Waals surface area contributed by atoms with Gasteiger partial charge in [-0.3, -0.25) is 4.79 Å². The number of methoxy groups -OCH3 is 1. The smallest absolute Gasteiger partial charge is 0.198 e. The van der Waals surface area contributed by atoms with Gasteiger partial charge in [-0.25, -0.2) is 0 Å². The summed E-state index contributed by atoms with van der Waals surface area (Å²) in [5, 5.41) is 0. The van der Waals surface area contributed by atoms with Crippen molar-refractivity contribution in [1.82, 2.24) is 0 Å². The van der Waals surface area contributed by atoms with E-state index in [-0.39, 0.29) is 5.78 Å². The minimum Gasteiger partial charge on any atom is -0.489 e. The predicted molar refractivity (Wildman–Crippen MR) is 61.2 cm³/mol. The van der Waals surface area contributed by atoms with Crippen molar-refractivity contribution in [3.63, 3.8) is 0 Å². The van der Waals surface area contributed by atoms with E-state index in [1.54, 1.807) is 6.07 Å². The Morgan fingerprint density at radius 1 is 1.44 bits per heavy atom. The maximum absolute atomic E-state index is 12.0.